The standard InChI is InChI=1S/C22H18F8O4/c1-7(2)9-11(15(25)19(29)17(27)13(9)23)21(31)33-5-6-34-22(32)12-10(8(3)4)14(24)18(28)20(30)16(12)26/h7-8H,5-6H2,1-4H3. The van der Waals surface area contributed by atoms with Crippen LogP contribution in [0, 0.1) is 46.5 Å². The van der Waals surface area contributed by atoms with Gasteiger partial charge in [0, 0.05) is 11.1 Å². The molecule has 0 unspecified atom stereocenters. The first-order valence-corrected chi connectivity index (χ1v) is 9.79. The molecule has 0 aliphatic heterocycles. The summed E-state index contributed by atoms with van der Waals surface area (Å²) in [4.78, 5) is 24.4. The topological polar surface area (TPSA) is 52.6 Å². The monoisotopic (exact) mass is 498 g/mol. The molecule has 34 heavy (non-hydrogen) atoms. The quantitative estimate of drug-likeness (QED) is 0.153. The largest absolute Gasteiger partial charge is 0.458 e. The molecule has 0 aliphatic rings. The van der Waals surface area contributed by atoms with Gasteiger partial charge in [-0.15, -0.1) is 0 Å². The molecule has 4 nitrogen and oxygen atoms in total. The lowest BCUT2D eigenvalue weighted by atomic mass is 9.95. The molecular formula is C22H18F8O4. The van der Waals surface area contributed by atoms with E-state index in [0.29, 0.717) is 0 Å². The van der Waals surface area contributed by atoms with Crippen molar-refractivity contribution >= 4 is 11.9 Å². The fourth-order valence-corrected chi connectivity index (χ4v) is 3.19. The molecular weight excluding hydrogens is 480 g/mol. The van der Waals surface area contributed by atoms with Gasteiger partial charge in [-0.3, -0.25) is 0 Å². The Labute approximate surface area is 188 Å². The van der Waals surface area contributed by atoms with Crippen LogP contribution in [0.2, 0.25) is 0 Å². The van der Waals surface area contributed by atoms with Crippen molar-refractivity contribution in [3.63, 3.8) is 0 Å². The zero-order valence-electron chi connectivity index (χ0n) is 18.2. The molecule has 0 radical (unpaired) electrons. The molecule has 0 spiro atoms. The van der Waals surface area contributed by atoms with Gasteiger partial charge in [-0.2, -0.15) is 0 Å². The maximum absolute atomic E-state index is 14.1. The van der Waals surface area contributed by atoms with Crippen molar-refractivity contribution in [1.29, 1.82) is 0 Å². The van der Waals surface area contributed by atoms with E-state index in [1.165, 1.54) is 27.7 Å². The second-order valence-electron chi connectivity index (χ2n) is 7.67. The van der Waals surface area contributed by atoms with E-state index in [-0.39, 0.29) is 0 Å². The summed E-state index contributed by atoms with van der Waals surface area (Å²) >= 11 is 0. The van der Waals surface area contributed by atoms with Gasteiger partial charge in [-0.25, -0.2) is 44.7 Å². The van der Waals surface area contributed by atoms with E-state index < -0.39 is 106 Å². The Morgan fingerprint density at radius 1 is 0.529 bits per heavy atom. The zero-order valence-corrected chi connectivity index (χ0v) is 18.2. The van der Waals surface area contributed by atoms with Crippen LogP contribution in [0.4, 0.5) is 35.1 Å². The predicted octanol–water partition coefficient (Wildman–Crippen LogP) is 6.06. The summed E-state index contributed by atoms with van der Waals surface area (Å²) in [6.07, 6.45) is 0. The minimum Gasteiger partial charge on any atom is -0.458 e. The highest BCUT2D eigenvalue weighted by molar-refractivity contribution is 5.92. The highest BCUT2D eigenvalue weighted by Gasteiger charge is 2.33. The summed E-state index contributed by atoms with van der Waals surface area (Å²) in [5.41, 5.74) is -4.01. The van der Waals surface area contributed by atoms with E-state index >= 15 is 0 Å². The van der Waals surface area contributed by atoms with E-state index in [0.717, 1.165) is 0 Å². The molecule has 2 aromatic carbocycles. The van der Waals surface area contributed by atoms with E-state index in [4.69, 9.17) is 0 Å². The van der Waals surface area contributed by atoms with Gasteiger partial charge >= 0.3 is 11.9 Å². The Kier molecular flexibility index (Phi) is 8.27. The molecule has 2 aromatic rings. The Balaban J connectivity index is 2.21. The highest BCUT2D eigenvalue weighted by atomic mass is 19.2. The van der Waals surface area contributed by atoms with Crippen LogP contribution in [-0.4, -0.2) is 25.2 Å². The van der Waals surface area contributed by atoms with Crippen LogP contribution < -0.4 is 0 Å². The van der Waals surface area contributed by atoms with Gasteiger partial charge in [0.1, 0.15) is 24.3 Å². The summed E-state index contributed by atoms with van der Waals surface area (Å²) in [5.74, 6) is -21.5. The van der Waals surface area contributed by atoms with Crippen LogP contribution in [0.25, 0.3) is 0 Å². The second-order valence-corrected chi connectivity index (χ2v) is 7.67. The van der Waals surface area contributed by atoms with Gasteiger partial charge < -0.3 is 9.47 Å². The normalized spacial score (nSPS) is 11.4. The number of ether oxygens (including phenoxy) is 2. The lowest BCUT2D eigenvalue weighted by Crippen LogP contribution is -2.21. The fraction of sp³-hybridized carbons (Fsp3) is 0.364. The number of esters is 2. The average Bonchev–Trinajstić information content (AvgIpc) is 2.77. The Morgan fingerprint density at radius 2 is 0.794 bits per heavy atom. The molecule has 0 N–H and O–H groups in total. The molecule has 0 saturated carbocycles. The smallest absolute Gasteiger partial charge is 0.341 e. The van der Waals surface area contributed by atoms with Crippen molar-refractivity contribution in [3.8, 4) is 0 Å². The molecule has 0 atom stereocenters. The van der Waals surface area contributed by atoms with Gasteiger partial charge in [0.05, 0.1) is 0 Å². The molecule has 0 fully saturated rings. The lowest BCUT2D eigenvalue weighted by molar-refractivity contribution is 0.0255. The summed E-state index contributed by atoms with van der Waals surface area (Å²) in [7, 11) is 0. The van der Waals surface area contributed by atoms with Crippen LogP contribution in [0.15, 0.2) is 0 Å². The summed E-state index contributed by atoms with van der Waals surface area (Å²) < 4.78 is 120. The minimum absolute atomic E-state index is 0.792. The van der Waals surface area contributed by atoms with Crippen LogP contribution >= 0.6 is 0 Å². The lowest BCUT2D eigenvalue weighted by Gasteiger charge is -2.16. The van der Waals surface area contributed by atoms with Crippen LogP contribution in [-0.2, 0) is 9.47 Å². The molecule has 0 heterocycles. The van der Waals surface area contributed by atoms with E-state index in [1.54, 1.807) is 0 Å². The first-order valence-electron chi connectivity index (χ1n) is 9.79. The third kappa shape index (κ3) is 4.85. The first-order chi connectivity index (χ1) is 15.7. The third-order valence-electron chi connectivity index (χ3n) is 4.72. The minimum atomic E-state index is -2.24. The maximum atomic E-state index is 14.1. The van der Waals surface area contributed by atoms with E-state index in [9.17, 15) is 44.7 Å². The molecule has 0 aromatic heterocycles. The van der Waals surface area contributed by atoms with Crippen molar-refractivity contribution in [2.45, 2.75) is 39.5 Å². The number of carbonyl (C=O) groups is 2. The number of rotatable bonds is 7. The van der Waals surface area contributed by atoms with Gasteiger partial charge in [0.25, 0.3) is 0 Å². The van der Waals surface area contributed by atoms with E-state index in [1.807, 2.05) is 0 Å². The third-order valence-corrected chi connectivity index (χ3v) is 4.72. The molecule has 0 bridgehead atoms. The second kappa shape index (κ2) is 10.4. The van der Waals surface area contributed by atoms with E-state index in [2.05, 4.69) is 9.47 Å². The van der Waals surface area contributed by atoms with Gasteiger partial charge in [0.15, 0.2) is 46.5 Å². The molecule has 0 amide bonds. The van der Waals surface area contributed by atoms with Gasteiger partial charge in [-0.1, -0.05) is 27.7 Å². The van der Waals surface area contributed by atoms with Crippen LogP contribution in [0.3, 0.4) is 0 Å². The predicted molar refractivity (Wildman–Crippen MR) is 101 cm³/mol. The summed E-state index contributed by atoms with van der Waals surface area (Å²) in [5, 5.41) is 0. The van der Waals surface area contributed by atoms with Crippen LogP contribution in [0.1, 0.15) is 71.4 Å². The van der Waals surface area contributed by atoms with Gasteiger partial charge in [0.2, 0.25) is 0 Å². The average molecular weight is 498 g/mol. The molecule has 0 aliphatic carbocycles. The Bertz CT molecular complexity index is 1060. The summed E-state index contributed by atoms with van der Waals surface area (Å²) in [6, 6.07) is 0. The number of hydrogen-bond donors (Lipinski definition) is 0. The number of carbonyl (C=O) groups excluding carboxylic acids is 2. The van der Waals surface area contributed by atoms with Crippen molar-refractivity contribution < 1.29 is 54.2 Å². The Hall–Kier alpha value is -3.18. The first kappa shape index (κ1) is 27.1. The molecule has 186 valence electrons. The van der Waals surface area contributed by atoms with Crippen molar-refractivity contribution in [2.75, 3.05) is 13.2 Å². The van der Waals surface area contributed by atoms with Crippen molar-refractivity contribution in [1.82, 2.24) is 0 Å². The van der Waals surface area contributed by atoms with Crippen LogP contribution in [0.5, 0.6) is 0 Å². The van der Waals surface area contributed by atoms with Crippen molar-refractivity contribution in [2.24, 2.45) is 0 Å². The number of benzene rings is 2. The fourth-order valence-electron chi connectivity index (χ4n) is 3.19. The highest BCUT2D eigenvalue weighted by Crippen LogP contribution is 2.31. The number of hydrogen-bond acceptors (Lipinski definition) is 4. The van der Waals surface area contributed by atoms with Gasteiger partial charge in [-0.05, 0) is 11.8 Å². The summed E-state index contributed by atoms with van der Waals surface area (Å²) in [6.45, 7) is 3.36. The molecule has 0 saturated heterocycles. The van der Waals surface area contributed by atoms with Crippen molar-refractivity contribution in [3.05, 3.63) is 68.8 Å². The molecule has 2 rings (SSSR count). The Morgan fingerprint density at radius 3 is 1.06 bits per heavy atom. The SMILES string of the molecule is CC(C)c1c(F)c(F)c(F)c(F)c1C(=O)OCCOC(=O)c1c(F)c(F)c(F)c(F)c1C(C)C. The number of halogens is 8. The zero-order chi connectivity index (χ0) is 26.1. The maximum Gasteiger partial charge on any atom is 0.341 e. The molecule has 12 heteroatoms.